The van der Waals surface area contributed by atoms with E-state index in [0.29, 0.717) is 0 Å². The van der Waals surface area contributed by atoms with Crippen molar-refractivity contribution in [2.75, 3.05) is 21.1 Å². The van der Waals surface area contributed by atoms with E-state index in [9.17, 15) is 4.79 Å². The number of hydrogen-bond donors (Lipinski definition) is 3. The molecule has 0 rings (SSSR count). The smallest absolute Gasteiger partial charge is 0.394 e. The average Bonchev–Trinajstić information content (AvgIpc) is 1.82. The molecule has 0 aliphatic heterocycles. The summed E-state index contributed by atoms with van der Waals surface area (Å²) < 4.78 is 31.6. The number of carbonyl (C=O) groups is 1. The van der Waals surface area contributed by atoms with Crippen LogP contribution in [0.25, 0.3) is 0 Å². The number of carboxylic acid groups (broad SMARTS) is 1. The monoisotopic (exact) mass is 229 g/mol. The van der Waals surface area contributed by atoms with Gasteiger partial charge in [0.15, 0.2) is 0 Å². The van der Waals surface area contributed by atoms with Crippen molar-refractivity contribution in [3.05, 3.63) is 12.7 Å². The second kappa shape index (κ2) is 10.1. The van der Waals surface area contributed by atoms with Crippen LogP contribution < -0.4 is 0 Å². The van der Waals surface area contributed by atoms with Gasteiger partial charge in [0.25, 0.3) is 0 Å². The van der Waals surface area contributed by atoms with Crippen LogP contribution in [0.5, 0.6) is 0 Å². The molecule has 0 aromatic carbocycles. The Labute approximate surface area is 83.2 Å². The number of aliphatic carboxylic acids is 1. The fraction of sp³-hybridized carbons (Fsp3) is 0.500. The fourth-order valence-electron chi connectivity index (χ4n) is 0. The molecule has 0 aromatic heterocycles. The van der Waals surface area contributed by atoms with Crippen molar-refractivity contribution in [2.45, 2.75) is 0 Å². The molecule has 0 saturated heterocycles. The molecule has 0 bridgehead atoms. The zero-order valence-corrected chi connectivity index (χ0v) is 9.02. The summed E-state index contributed by atoms with van der Waals surface area (Å²) in [4.78, 5) is 11.2. The number of nitrogens with zero attached hydrogens (tertiary/aromatic N) is 1. The maximum absolute atomic E-state index is 9.25. The van der Waals surface area contributed by atoms with Crippen LogP contribution in [0, 0.1) is 0 Å². The first-order valence-electron chi connectivity index (χ1n) is 3.16. The fourth-order valence-corrected chi connectivity index (χ4v) is 0. The van der Waals surface area contributed by atoms with E-state index in [-0.39, 0.29) is 0 Å². The Kier molecular flexibility index (Phi) is 13.6. The van der Waals surface area contributed by atoms with Crippen LogP contribution in [0.15, 0.2) is 12.7 Å². The molecule has 0 radical (unpaired) electrons. The van der Waals surface area contributed by atoms with E-state index < -0.39 is 16.4 Å². The van der Waals surface area contributed by atoms with Gasteiger partial charge in [-0.2, -0.15) is 8.42 Å². The van der Waals surface area contributed by atoms with Crippen molar-refractivity contribution in [2.24, 2.45) is 0 Å². The van der Waals surface area contributed by atoms with Crippen molar-refractivity contribution < 1.29 is 27.4 Å². The first-order valence-corrected chi connectivity index (χ1v) is 4.56. The normalized spacial score (nSPS) is 9.00. The van der Waals surface area contributed by atoms with Crippen LogP contribution in [0.2, 0.25) is 0 Å². The maximum atomic E-state index is 9.25. The van der Waals surface area contributed by atoms with Crippen molar-refractivity contribution in [1.29, 1.82) is 0 Å². The summed E-state index contributed by atoms with van der Waals surface area (Å²) in [7, 11) is 1.33. The van der Waals surface area contributed by atoms with Crippen LogP contribution >= 0.6 is 0 Å². The SMILES string of the molecule is C=CC(=O)O.CN(C)C.O=S(=O)(O)O. The molecular formula is C6H15NO6S. The molecule has 86 valence electrons. The molecule has 0 heterocycles. The molecule has 0 aromatic rings. The standard InChI is InChI=1S/C3H9N.C3H4O2.H2O4S/c1-4(2)3;1-2-3(4)5;1-5(2,3)4/h1-3H3;2H,1H2,(H,4,5);(H2,1,2,3,4). The molecule has 0 amide bonds. The Morgan fingerprint density at radius 3 is 1.36 bits per heavy atom. The lowest BCUT2D eigenvalue weighted by Crippen LogP contribution is -1.99. The molecule has 7 nitrogen and oxygen atoms in total. The van der Waals surface area contributed by atoms with Crippen LogP contribution in [-0.4, -0.2) is 54.6 Å². The zero-order valence-electron chi connectivity index (χ0n) is 8.21. The third-order valence-electron chi connectivity index (χ3n) is 0.175. The molecule has 3 N–H and O–H groups in total. The molecule has 0 spiro atoms. The summed E-state index contributed by atoms with van der Waals surface area (Å²) in [5, 5.41) is 7.60. The zero-order chi connectivity index (χ0) is 12.4. The molecule has 8 heteroatoms. The Bertz CT molecular complexity index is 234. The predicted molar refractivity (Wildman–Crippen MR) is 51.6 cm³/mol. The summed E-state index contributed by atoms with van der Waals surface area (Å²) in [6.07, 6.45) is 0.833. The van der Waals surface area contributed by atoms with E-state index >= 15 is 0 Å². The third-order valence-corrected chi connectivity index (χ3v) is 0.175. The molecule has 0 aliphatic carbocycles. The van der Waals surface area contributed by atoms with Gasteiger partial charge in [-0.1, -0.05) is 6.58 Å². The minimum absolute atomic E-state index is 0.833. The highest BCUT2D eigenvalue weighted by molar-refractivity contribution is 7.79. The highest BCUT2D eigenvalue weighted by Crippen LogP contribution is 1.59. The highest BCUT2D eigenvalue weighted by Gasteiger charge is 1.84. The number of hydrogen-bond acceptors (Lipinski definition) is 4. The molecule has 0 atom stereocenters. The van der Waals surface area contributed by atoms with Gasteiger partial charge in [-0.3, -0.25) is 9.11 Å². The molecule has 0 unspecified atom stereocenters. The van der Waals surface area contributed by atoms with E-state index in [2.05, 4.69) is 6.58 Å². The Morgan fingerprint density at radius 1 is 1.29 bits per heavy atom. The Balaban J connectivity index is -0.000000131. The van der Waals surface area contributed by atoms with E-state index in [1.807, 2.05) is 26.0 Å². The van der Waals surface area contributed by atoms with Gasteiger partial charge >= 0.3 is 16.4 Å². The van der Waals surface area contributed by atoms with Gasteiger partial charge in [0.05, 0.1) is 0 Å². The van der Waals surface area contributed by atoms with Gasteiger partial charge < -0.3 is 10.0 Å². The van der Waals surface area contributed by atoms with Crippen molar-refractivity contribution >= 4 is 16.4 Å². The highest BCUT2D eigenvalue weighted by atomic mass is 32.3. The largest absolute Gasteiger partial charge is 0.478 e. The van der Waals surface area contributed by atoms with Crippen LogP contribution in [0.3, 0.4) is 0 Å². The van der Waals surface area contributed by atoms with Gasteiger partial charge in [-0.05, 0) is 21.1 Å². The van der Waals surface area contributed by atoms with Gasteiger partial charge in [-0.25, -0.2) is 4.79 Å². The quantitative estimate of drug-likeness (QED) is 0.420. The number of rotatable bonds is 1. The summed E-state index contributed by atoms with van der Waals surface area (Å²) in [6.45, 7) is 2.96. The first kappa shape index (κ1) is 18.8. The minimum atomic E-state index is -4.67. The molecule has 14 heavy (non-hydrogen) atoms. The van der Waals surface area contributed by atoms with Crippen molar-refractivity contribution in [3.8, 4) is 0 Å². The molecular weight excluding hydrogens is 214 g/mol. The Hall–Kier alpha value is -0.960. The maximum Gasteiger partial charge on any atom is 0.394 e. The van der Waals surface area contributed by atoms with Gasteiger partial charge in [0.1, 0.15) is 0 Å². The van der Waals surface area contributed by atoms with E-state index in [1.54, 1.807) is 0 Å². The van der Waals surface area contributed by atoms with Gasteiger partial charge in [0, 0.05) is 6.08 Å². The second-order valence-corrected chi connectivity index (χ2v) is 3.23. The van der Waals surface area contributed by atoms with E-state index in [1.165, 1.54) is 0 Å². The van der Waals surface area contributed by atoms with E-state index in [4.69, 9.17) is 22.6 Å². The topological polar surface area (TPSA) is 115 Å². The van der Waals surface area contributed by atoms with Crippen molar-refractivity contribution in [3.63, 3.8) is 0 Å². The summed E-state index contributed by atoms with van der Waals surface area (Å²) in [5.41, 5.74) is 0. The minimum Gasteiger partial charge on any atom is -0.478 e. The van der Waals surface area contributed by atoms with Crippen LogP contribution in [0.1, 0.15) is 0 Å². The lowest BCUT2D eigenvalue weighted by molar-refractivity contribution is -0.131. The lowest BCUT2D eigenvalue weighted by Gasteiger charge is -1.90. The lowest BCUT2D eigenvalue weighted by atomic mass is 10.7. The third kappa shape index (κ3) is 1030. The second-order valence-electron chi connectivity index (χ2n) is 2.33. The molecule has 0 aliphatic rings. The van der Waals surface area contributed by atoms with Crippen LogP contribution in [0.4, 0.5) is 0 Å². The molecule has 0 saturated carbocycles. The summed E-state index contributed by atoms with van der Waals surface area (Å²) in [6, 6.07) is 0. The number of carboxylic acids is 1. The van der Waals surface area contributed by atoms with Crippen LogP contribution in [-0.2, 0) is 15.2 Å². The first-order chi connectivity index (χ1) is 6.00. The van der Waals surface area contributed by atoms with E-state index in [0.717, 1.165) is 6.08 Å². The predicted octanol–water partition coefficient (Wildman–Crippen LogP) is -0.218. The summed E-state index contributed by atoms with van der Waals surface area (Å²) >= 11 is 0. The van der Waals surface area contributed by atoms with Gasteiger partial charge in [-0.15, -0.1) is 0 Å². The van der Waals surface area contributed by atoms with Crippen molar-refractivity contribution in [1.82, 2.24) is 4.90 Å². The molecule has 0 fully saturated rings. The Morgan fingerprint density at radius 2 is 1.36 bits per heavy atom. The average molecular weight is 229 g/mol. The summed E-state index contributed by atoms with van der Waals surface area (Å²) in [5.74, 6) is -0.981. The van der Waals surface area contributed by atoms with Gasteiger partial charge in [0.2, 0.25) is 0 Å².